The Balaban J connectivity index is 2.11. The molecule has 0 nitrogen and oxygen atoms in total. The molecule has 1 rings (SSSR count). The molecular weight excluding hydrogens is 135 g/mol. The molecule has 0 bridgehead atoms. The largest absolute Gasteiger partial charge is 0.171 e. The molecule has 3 heteroatoms. The van der Waals surface area contributed by atoms with Crippen LogP contribution in [0.5, 0.6) is 0 Å². The lowest BCUT2D eigenvalue weighted by atomic mass is 10.5. The fraction of sp³-hybridized carbons (Fsp3) is 1.00. The minimum absolute atomic E-state index is 0.444. The summed E-state index contributed by atoms with van der Waals surface area (Å²) in [5.74, 6) is 0. The average molecular weight is 141 g/mol. The van der Waals surface area contributed by atoms with E-state index >= 15 is 0 Å². The van der Waals surface area contributed by atoms with Crippen LogP contribution in [0.25, 0.3) is 0 Å². The summed E-state index contributed by atoms with van der Waals surface area (Å²) in [6, 6.07) is 2.28. The van der Waals surface area contributed by atoms with Crippen molar-refractivity contribution in [2.24, 2.45) is 0 Å². The lowest BCUT2D eigenvalue weighted by Crippen LogP contribution is -2.25. The van der Waals surface area contributed by atoms with Crippen molar-refractivity contribution in [3.05, 3.63) is 0 Å². The van der Waals surface area contributed by atoms with Gasteiger partial charge in [0.15, 0.2) is 0 Å². The molecule has 0 aliphatic carbocycles. The van der Waals surface area contributed by atoms with Crippen molar-refractivity contribution in [3.63, 3.8) is 0 Å². The van der Waals surface area contributed by atoms with E-state index in [1.165, 1.54) is 0 Å². The highest BCUT2D eigenvalue weighted by molar-refractivity contribution is 7.09. The van der Waals surface area contributed by atoms with Crippen LogP contribution in [0.1, 0.15) is 0 Å². The number of alkyl halides is 1. The Morgan fingerprint density at radius 3 is 2.00 bits per heavy atom. The molecule has 0 aromatic rings. The molecule has 1 aliphatic rings. The summed E-state index contributed by atoms with van der Waals surface area (Å²) in [4.78, 5) is 0. The molecule has 1 fully saturated rings. The smallest absolute Gasteiger partial charge is 0.143 e. The van der Waals surface area contributed by atoms with Gasteiger partial charge in [-0.15, -0.1) is 11.6 Å². The van der Waals surface area contributed by atoms with Gasteiger partial charge in [0.1, 0.15) is 8.11 Å². The zero-order valence-electron chi connectivity index (χ0n) is 3.32. The van der Waals surface area contributed by atoms with Crippen molar-refractivity contribution in [1.82, 2.24) is 0 Å². The zero-order valence-corrected chi connectivity index (χ0v) is 5.99. The van der Waals surface area contributed by atoms with Crippen LogP contribution in [0.4, 0.5) is 0 Å². The lowest BCUT2D eigenvalue weighted by Gasteiger charge is -2.22. The Hall–Kier alpha value is 0.797. The zero-order chi connectivity index (χ0) is 4.57. The third-order valence-corrected chi connectivity index (χ3v) is 5.21. The van der Waals surface area contributed by atoms with Gasteiger partial charge in [0, 0.05) is 5.38 Å². The first-order valence-corrected chi connectivity index (χ1v) is 5.88. The summed E-state index contributed by atoms with van der Waals surface area (Å²) in [5.41, 5.74) is 0. The number of halogens is 2. The molecule has 36 valence electrons. The maximum atomic E-state index is 5.70. The SMILES string of the molecule is ClC1C[SiH](Cl)C1. The molecule has 1 saturated heterocycles. The highest BCUT2D eigenvalue weighted by Gasteiger charge is 2.26. The van der Waals surface area contributed by atoms with Crippen LogP contribution in [0.15, 0.2) is 0 Å². The second-order valence-electron chi connectivity index (χ2n) is 1.67. The molecule has 0 radical (unpaired) electrons. The molecule has 0 saturated carbocycles. The third-order valence-electron chi connectivity index (χ3n) is 1.02. The second-order valence-corrected chi connectivity index (χ2v) is 6.27. The number of rotatable bonds is 0. The Bertz CT molecular complexity index is 44.8. The summed E-state index contributed by atoms with van der Waals surface area (Å²) < 4.78 is 0. The van der Waals surface area contributed by atoms with Crippen molar-refractivity contribution in [3.8, 4) is 0 Å². The summed E-state index contributed by atoms with van der Waals surface area (Å²) in [5, 5.41) is 0.444. The van der Waals surface area contributed by atoms with E-state index in [9.17, 15) is 0 Å². The van der Waals surface area contributed by atoms with Crippen LogP contribution in [-0.4, -0.2) is 13.5 Å². The topological polar surface area (TPSA) is 0 Å². The fourth-order valence-corrected chi connectivity index (χ4v) is 4.59. The van der Waals surface area contributed by atoms with Crippen LogP contribution in [0, 0.1) is 0 Å². The van der Waals surface area contributed by atoms with Crippen LogP contribution < -0.4 is 0 Å². The molecule has 0 atom stereocenters. The van der Waals surface area contributed by atoms with Crippen molar-refractivity contribution >= 4 is 30.8 Å². The predicted molar refractivity (Wildman–Crippen MR) is 32.3 cm³/mol. The van der Waals surface area contributed by atoms with Crippen molar-refractivity contribution in [2.75, 3.05) is 0 Å². The first-order valence-electron chi connectivity index (χ1n) is 2.07. The lowest BCUT2D eigenvalue weighted by molar-refractivity contribution is 0.972. The Kier molecular flexibility index (Phi) is 1.42. The van der Waals surface area contributed by atoms with E-state index in [4.69, 9.17) is 22.7 Å². The van der Waals surface area contributed by atoms with Gasteiger partial charge in [-0.25, -0.2) is 0 Å². The van der Waals surface area contributed by atoms with Crippen molar-refractivity contribution < 1.29 is 0 Å². The molecule has 6 heavy (non-hydrogen) atoms. The molecule has 1 aliphatic heterocycles. The quantitative estimate of drug-likeness (QED) is 0.273. The highest BCUT2D eigenvalue weighted by atomic mass is 35.6. The molecule has 0 amide bonds. The van der Waals surface area contributed by atoms with E-state index in [2.05, 4.69) is 0 Å². The van der Waals surface area contributed by atoms with Gasteiger partial charge in [-0.05, 0) is 12.1 Å². The second kappa shape index (κ2) is 1.72. The summed E-state index contributed by atoms with van der Waals surface area (Å²) in [6.07, 6.45) is 0. The van der Waals surface area contributed by atoms with E-state index in [0.29, 0.717) is 5.38 Å². The Labute approximate surface area is 48.8 Å². The first-order chi connectivity index (χ1) is 2.79. The van der Waals surface area contributed by atoms with Gasteiger partial charge < -0.3 is 0 Å². The minimum Gasteiger partial charge on any atom is -0.171 e. The normalized spacial score (nSPS) is 45.0. The van der Waals surface area contributed by atoms with Gasteiger partial charge in [-0.3, -0.25) is 0 Å². The maximum Gasteiger partial charge on any atom is 0.143 e. The first kappa shape index (κ1) is 4.94. The van der Waals surface area contributed by atoms with Crippen LogP contribution >= 0.6 is 22.7 Å². The molecule has 0 spiro atoms. The molecule has 0 aromatic carbocycles. The fourth-order valence-electron chi connectivity index (χ4n) is 0.486. The standard InChI is InChI=1S/C3H6Cl2Si/c4-3-1-6(5)2-3/h3,6H,1-2H2. The minimum atomic E-state index is -0.687. The van der Waals surface area contributed by atoms with E-state index < -0.39 is 8.11 Å². The van der Waals surface area contributed by atoms with Gasteiger partial charge in [0.25, 0.3) is 0 Å². The van der Waals surface area contributed by atoms with Gasteiger partial charge >= 0.3 is 0 Å². The molecule has 0 N–H and O–H groups in total. The van der Waals surface area contributed by atoms with Crippen LogP contribution in [-0.2, 0) is 0 Å². The Morgan fingerprint density at radius 1 is 1.50 bits per heavy atom. The molecule has 0 unspecified atom stereocenters. The number of hydrogen-bond donors (Lipinski definition) is 0. The summed E-state index contributed by atoms with van der Waals surface area (Å²) in [7, 11) is -0.687. The molecule has 1 heterocycles. The third kappa shape index (κ3) is 0.894. The van der Waals surface area contributed by atoms with E-state index in [1.54, 1.807) is 0 Å². The van der Waals surface area contributed by atoms with E-state index in [1.807, 2.05) is 0 Å². The Morgan fingerprint density at radius 2 is 2.00 bits per heavy atom. The highest BCUT2D eigenvalue weighted by Crippen LogP contribution is 2.28. The summed E-state index contributed by atoms with van der Waals surface area (Å²) >= 11 is 11.3. The van der Waals surface area contributed by atoms with E-state index in [-0.39, 0.29) is 0 Å². The summed E-state index contributed by atoms with van der Waals surface area (Å²) in [6.45, 7) is 0. The van der Waals surface area contributed by atoms with E-state index in [0.717, 1.165) is 12.1 Å². The molecule has 0 aromatic heterocycles. The number of hydrogen-bond acceptors (Lipinski definition) is 0. The van der Waals surface area contributed by atoms with Gasteiger partial charge in [0.2, 0.25) is 0 Å². The van der Waals surface area contributed by atoms with Crippen LogP contribution in [0.2, 0.25) is 12.1 Å². The van der Waals surface area contributed by atoms with Crippen molar-refractivity contribution in [2.45, 2.75) is 17.5 Å². The van der Waals surface area contributed by atoms with Gasteiger partial charge in [-0.1, -0.05) is 0 Å². The predicted octanol–water partition coefficient (Wildman–Crippen LogP) is 1.57. The van der Waals surface area contributed by atoms with Crippen LogP contribution in [0.3, 0.4) is 0 Å². The van der Waals surface area contributed by atoms with Gasteiger partial charge in [0.05, 0.1) is 0 Å². The maximum absolute atomic E-state index is 5.70. The van der Waals surface area contributed by atoms with Crippen molar-refractivity contribution in [1.29, 1.82) is 0 Å². The average Bonchev–Trinajstić information content (AvgIpc) is 1.33. The molecular formula is C3H6Cl2Si. The monoisotopic (exact) mass is 140 g/mol. The van der Waals surface area contributed by atoms with Gasteiger partial charge in [-0.2, -0.15) is 11.1 Å².